The van der Waals surface area contributed by atoms with E-state index < -0.39 is 0 Å². The largest absolute Gasteiger partial charge is 0.307 e. The van der Waals surface area contributed by atoms with E-state index >= 15 is 0 Å². The predicted molar refractivity (Wildman–Crippen MR) is 40.9 cm³/mol. The Morgan fingerprint density at radius 3 is 2.70 bits per heavy atom. The maximum Gasteiger partial charge on any atom is 0.136 e. The van der Waals surface area contributed by atoms with Crippen LogP contribution in [0.2, 0.25) is 0 Å². The van der Waals surface area contributed by atoms with Crippen molar-refractivity contribution in [3.63, 3.8) is 0 Å². The Hall–Kier alpha value is -0.370. The van der Waals surface area contributed by atoms with Crippen LogP contribution in [0.25, 0.3) is 0 Å². The van der Waals surface area contributed by atoms with E-state index in [2.05, 4.69) is 19.2 Å². The Balaban J connectivity index is 2.38. The molecule has 1 aliphatic heterocycles. The molecule has 2 heteroatoms. The van der Waals surface area contributed by atoms with Crippen molar-refractivity contribution in [1.82, 2.24) is 5.32 Å². The van der Waals surface area contributed by atoms with Gasteiger partial charge in [0.25, 0.3) is 0 Å². The second kappa shape index (κ2) is 2.70. The highest BCUT2D eigenvalue weighted by Gasteiger charge is 2.25. The van der Waals surface area contributed by atoms with E-state index in [0.717, 1.165) is 25.7 Å². The van der Waals surface area contributed by atoms with E-state index in [1.54, 1.807) is 0 Å². The van der Waals surface area contributed by atoms with Crippen molar-refractivity contribution < 1.29 is 4.79 Å². The second-order valence-electron chi connectivity index (χ2n) is 3.83. The maximum atomic E-state index is 10.3. The van der Waals surface area contributed by atoms with Crippen LogP contribution in [-0.4, -0.2) is 18.9 Å². The van der Waals surface area contributed by atoms with Crippen LogP contribution in [0.15, 0.2) is 0 Å². The van der Waals surface area contributed by atoms with Gasteiger partial charge < -0.3 is 10.1 Å². The van der Waals surface area contributed by atoms with E-state index in [0.29, 0.717) is 5.41 Å². The number of hydrogen-bond donors (Lipinski definition) is 1. The van der Waals surface area contributed by atoms with E-state index in [1.807, 2.05) is 0 Å². The van der Waals surface area contributed by atoms with E-state index in [1.165, 1.54) is 0 Å². The molecule has 1 unspecified atom stereocenters. The zero-order valence-electron chi connectivity index (χ0n) is 6.68. The van der Waals surface area contributed by atoms with Crippen LogP contribution in [-0.2, 0) is 4.79 Å². The normalized spacial score (nSPS) is 31.6. The van der Waals surface area contributed by atoms with Crippen LogP contribution in [0.1, 0.15) is 26.7 Å². The molecule has 1 rings (SSSR count). The van der Waals surface area contributed by atoms with Crippen molar-refractivity contribution >= 4 is 6.29 Å². The fraction of sp³-hybridized carbons (Fsp3) is 0.875. The van der Waals surface area contributed by atoms with Gasteiger partial charge in [-0.15, -0.1) is 0 Å². The molecule has 1 aliphatic rings. The first kappa shape index (κ1) is 7.73. The minimum absolute atomic E-state index is 0.119. The molecule has 0 bridgehead atoms. The van der Waals surface area contributed by atoms with Gasteiger partial charge in [0.05, 0.1) is 6.04 Å². The van der Waals surface area contributed by atoms with Crippen molar-refractivity contribution in [3.05, 3.63) is 0 Å². The van der Waals surface area contributed by atoms with Gasteiger partial charge in [0.1, 0.15) is 6.29 Å². The summed E-state index contributed by atoms with van der Waals surface area (Å²) in [6.45, 7) is 5.42. The first-order valence-electron chi connectivity index (χ1n) is 3.83. The molecule has 0 spiro atoms. The summed E-state index contributed by atoms with van der Waals surface area (Å²) in [5.74, 6) is 0. The molecule has 0 saturated carbocycles. The topological polar surface area (TPSA) is 29.1 Å². The third-order valence-electron chi connectivity index (χ3n) is 2.14. The molecule has 0 radical (unpaired) electrons. The summed E-state index contributed by atoms with van der Waals surface area (Å²) in [6.07, 6.45) is 3.16. The number of rotatable bonds is 1. The first-order chi connectivity index (χ1) is 4.64. The number of hydrogen-bond acceptors (Lipinski definition) is 2. The monoisotopic (exact) mass is 141 g/mol. The molecule has 1 saturated heterocycles. The molecule has 58 valence electrons. The van der Waals surface area contributed by atoms with Crippen molar-refractivity contribution in [2.75, 3.05) is 6.54 Å². The standard InChI is InChI=1S/C8H15NO/c1-8(2)4-3-7(5-10)9-6-8/h5,7,9H,3-4,6H2,1-2H3. The van der Waals surface area contributed by atoms with Gasteiger partial charge in [0.2, 0.25) is 0 Å². The quantitative estimate of drug-likeness (QED) is 0.551. The highest BCUT2D eigenvalue weighted by Crippen LogP contribution is 2.25. The molecule has 1 fully saturated rings. The zero-order valence-corrected chi connectivity index (χ0v) is 6.68. The average molecular weight is 141 g/mol. The number of aldehydes is 1. The molecule has 1 atom stereocenters. The second-order valence-corrected chi connectivity index (χ2v) is 3.83. The fourth-order valence-electron chi connectivity index (χ4n) is 1.26. The summed E-state index contributed by atoms with van der Waals surface area (Å²) in [5, 5.41) is 3.19. The minimum Gasteiger partial charge on any atom is -0.307 e. The minimum atomic E-state index is 0.119. The van der Waals surface area contributed by atoms with Crippen molar-refractivity contribution in [1.29, 1.82) is 0 Å². The summed E-state index contributed by atoms with van der Waals surface area (Å²) in [5.41, 5.74) is 0.388. The van der Waals surface area contributed by atoms with Crippen LogP contribution in [0.5, 0.6) is 0 Å². The Morgan fingerprint density at radius 2 is 2.30 bits per heavy atom. The smallest absolute Gasteiger partial charge is 0.136 e. The lowest BCUT2D eigenvalue weighted by molar-refractivity contribution is -0.110. The molecular formula is C8H15NO. The number of nitrogens with one attached hydrogen (secondary N) is 1. The first-order valence-corrected chi connectivity index (χ1v) is 3.83. The van der Waals surface area contributed by atoms with Gasteiger partial charge in [-0.1, -0.05) is 13.8 Å². The molecule has 0 aromatic heterocycles. The van der Waals surface area contributed by atoms with Gasteiger partial charge in [-0.25, -0.2) is 0 Å². The van der Waals surface area contributed by atoms with Crippen LogP contribution in [0.4, 0.5) is 0 Å². The van der Waals surface area contributed by atoms with E-state index in [9.17, 15) is 4.79 Å². The summed E-state index contributed by atoms with van der Waals surface area (Å²) < 4.78 is 0. The lowest BCUT2D eigenvalue weighted by Gasteiger charge is -2.32. The van der Waals surface area contributed by atoms with Crippen LogP contribution in [0, 0.1) is 5.41 Å². The summed E-state index contributed by atoms with van der Waals surface area (Å²) in [7, 11) is 0. The molecular weight excluding hydrogens is 126 g/mol. The Bertz CT molecular complexity index is 121. The van der Waals surface area contributed by atoms with Crippen LogP contribution in [0.3, 0.4) is 0 Å². The predicted octanol–water partition coefficient (Wildman–Crippen LogP) is 0.964. The van der Waals surface area contributed by atoms with Gasteiger partial charge in [0.15, 0.2) is 0 Å². The molecule has 0 aromatic carbocycles. The Morgan fingerprint density at radius 1 is 1.60 bits per heavy atom. The third-order valence-corrected chi connectivity index (χ3v) is 2.14. The lowest BCUT2D eigenvalue weighted by atomic mass is 9.83. The number of piperidine rings is 1. The number of carbonyl (C=O) groups is 1. The van der Waals surface area contributed by atoms with E-state index in [-0.39, 0.29) is 6.04 Å². The van der Waals surface area contributed by atoms with Gasteiger partial charge in [0, 0.05) is 6.54 Å². The Labute approximate surface area is 62.0 Å². The van der Waals surface area contributed by atoms with Crippen molar-refractivity contribution in [2.24, 2.45) is 5.41 Å². The third kappa shape index (κ3) is 1.81. The fourth-order valence-corrected chi connectivity index (χ4v) is 1.26. The molecule has 1 N–H and O–H groups in total. The molecule has 0 aliphatic carbocycles. The maximum absolute atomic E-state index is 10.3. The van der Waals surface area contributed by atoms with Crippen molar-refractivity contribution in [3.8, 4) is 0 Å². The highest BCUT2D eigenvalue weighted by molar-refractivity contribution is 5.57. The highest BCUT2D eigenvalue weighted by atomic mass is 16.1. The summed E-state index contributed by atoms with van der Waals surface area (Å²) in [6, 6.07) is 0.119. The van der Waals surface area contributed by atoms with Crippen LogP contribution >= 0.6 is 0 Å². The molecule has 0 amide bonds. The van der Waals surface area contributed by atoms with Gasteiger partial charge >= 0.3 is 0 Å². The van der Waals surface area contributed by atoms with E-state index in [4.69, 9.17) is 0 Å². The lowest BCUT2D eigenvalue weighted by Crippen LogP contribution is -2.43. The zero-order chi connectivity index (χ0) is 7.61. The Kier molecular flexibility index (Phi) is 2.09. The SMILES string of the molecule is CC1(C)CCC(C=O)NC1. The number of carbonyl (C=O) groups excluding carboxylic acids is 1. The van der Waals surface area contributed by atoms with Gasteiger partial charge in [-0.2, -0.15) is 0 Å². The average Bonchev–Trinajstić information content (AvgIpc) is 1.88. The molecule has 2 nitrogen and oxygen atoms in total. The van der Waals surface area contributed by atoms with Crippen LogP contribution < -0.4 is 5.32 Å². The molecule has 10 heavy (non-hydrogen) atoms. The molecule has 0 aromatic rings. The molecule has 1 heterocycles. The summed E-state index contributed by atoms with van der Waals surface area (Å²) in [4.78, 5) is 10.3. The van der Waals surface area contributed by atoms with Crippen molar-refractivity contribution in [2.45, 2.75) is 32.7 Å². The van der Waals surface area contributed by atoms with Gasteiger partial charge in [-0.05, 0) is 18.3 Å². The summed E-state index contributed by atoms with van der Waals surface area (Å²) >= 11 is 0. The van der Waals surface area contributed by atoms with Gasteiger partial charge in [-0.3, -0.25) is 0 Å².